The van der Waals surface area contributed by atoms with Gasteiger partial charge >= 0.3 is 0 Å². The fourth-order valence-electron chi connectivity index (χ4n) is 4.08. The number of benzene rings is 3. The average molecular weight is 497 g/mol. The third-order valence-electron chi connectivity index (χ3n) is 5.94. The van der Waals surface area contributed by atoms with Gasteiger partial charge in [0.1, 0.15) is 5.82 Å². The van der Waals surface area contributed by atoms with Crippen LogP contribution in [0.3, 0.4) is 0 Å². The van der Waals surface area contributed by atoms with E-state index in [1.54, 1.807) is 19.1 Å². The topological polar surface area (TPSA) is 81.7 Å². The van der Waals surface area contributed by atoms with Crippen LogP contribution in [0, 0.1) is 5.82 Å². The fourth-order valence-corrected chi connectivity index (χ4v) is 5.15. The minimum atomic E-state index is -3.80. The summed E-state index contributed by atoms with van der Waals surface area (Å²) >= 11 is 0. The molecule has 2 N–H and O–H groups in total. The number of anilines is 2. The molecule has 35 heavy (non-hydrogen) atoms. The highest BCUT2D eigenvalue weighted by molar-refractivity contribution is 7.89. The predicted molar refractivity (Wildman–Crippen MR) is 136 cm³/mol. The molecular formula is C26H29FN4O3S. The van der Waals surface area contributed by atoms with Crippen molar-refractivity contribution in [3.05, 3.63) is 89.7 Å². The summed E-state index contributed by atoms with van der Waals surface area (Å²) in [4.78, 5) is 17.2. The monoisotopic (exact) mass is 496 g/mol. The van der Waals surface area contributed by atoms with E-state index in [0.29, 0.717) is 5.69 Å². The molecule has 9 heteroatoms. The summed E-state index contributed by atoms with van der Waals surface area (Å²) in [5.41, 5.74) is 2.53. The van der Waals surface area contributed by atoms with Crippen LogP contribution >= 0.6 is 0 Å². The molecule has 1 heterocycles. The molecule has 4 rings (SSSR count). The van der Waals surface area contributed by atoms with Crippen LogP contribution in [-0.4, -0.2) is 51.9 Å². The molecule has 1 saturated heterocycles. The number of nitrogens with zero attached hydrogens (tertiary/aromatic N) is 2. The number of piperazine rings is 1. The summed E-state index contributed by atoms with van der Waals surface area (Å²) in [6.07, 6.45) is 0. The van der Waals surface area contributed by atoms with Gasteiger partial charge in [0.2, 0.25) is 10.0 Å². The number of nitrogens with one attached hydrogen (secondary N) is 2. The van der Waals surface area contributed by atoms with Crippen LogP contribution in [-0.2, 0) is 16.6 Å². The van der Waals surface area contributed by atoms with Gasteiger partial charge in [0.05, 0.1) is 10.5 Å². The zero-order valence-electron chi connectivity index (χ0n) is 19.6. The fraction of sp³-hybridized carbons (Fsp3) is 0.269. The molecule has 0 aromatic heterocycles. The van der Waals surface area contributed by atoms with Gasteiger partial charge in [0.15, 0.2) is 0 Å². The third kappa shape index (κ3) is 6.25. The Balaban J connectivity index is 1.36. The number of amides is 1. The number of halogens is 1. The second kappa shape index (κ2) is 11.0. The molecule has 0 radical (unpaired) electrons. The molecule has 1 aliphatic rings. The Bertz CT molecular complexity index is 1260. The highest BCUT2D eigenvalue weighted by atomic mass is 32.2. The van der Waals surface area contributed by atoms with E-state index < -0.39 is 21.7 Å². The van der Waals surface area contributed by atoms with Crippen molar-refractivity contribution in [3.8, 4) is 0 Å². The van der Waals surface area contributed by atoms with Crippen molar-refractivity contribution in [1.82, 2.24) is 9.62 Å². The van der Waals surface area contributed by atoms with Crippen molar-refractivity contribution < 1.29 is 17.6 Å². The van der Waals surface area contributed by atoms with Crippen molar-refractivity contribution >= 4 is 27.3 Å². The van der Waals surface area contributed by atoms with Crippen LogP contribution in [0.1, 0.15) is 22.8 Å². The van der Waals surface area contributed by atoms with Crippen LogP contribution < -0.4 is 14.9 Å². The minimum Gasteiger partial charge on any atom is -0.369 e. The summed E-state index contributed by atoms with van der Waals surface area (Å²) < 4.78 is 41.0. The summed E-state index contributed by atoms with van der Waals surface area (Å²) in [6.45, 7) is 6.48. The Morgan fingerprint density at radius 2 is 1.63 bits per heavy atom. The molecule has 0 spiro atoms. The molecular weight excluding hydrogens is 467 g/mol. The van der Waals surface area contributed by atoms with Gasteiger partial charge in [-0.1, -0.05) is 37.3 Å². The van der Waals surface area contributed by atoms with E-state index in [9.17, 15) is 17.6 Å². The van der Waals surface area contributed by atoms with Crippen molar-refractivity contribution in [2.45, 2.75) is 18.4 Å². The molecule has 3 aromatic rings. The number of hydrogen-bond donors (Lipinski definition) is 2. The molecule has 0 unspecified atom stereocenters. The normalized spacial score (nSPS) is 14.6. The summed E-state index contributed by atoms with van der Waals surface area (Å²) in [7, 11) is -3.80. The lowest BCUT2D eigenvalue weighted by molar-refractivity contribution is 0.102. The summed E-state index contributed by atoms with van der Waals surface area (Å²) in [6, 6.07) is 21.0. The molecule has 1 fully saturated rings. The van der Waals surface area contributed by atoms with Crippen molar-refractivity contribution in [3.63, 3.8) is 0 Å². The molecule has 0 aliphatic carbocycles. The lowest BCUT2D eigenvalue weighted by Gasteiger charge is -2.36. The summed E-state index contributed by atoms with van der Waals surface area (Å²) in [5.74, 6) is -1.50. The molecule has 184 valence electrons. The third-order valence-corrected chi connectivity index (χ3v) is 7.48. The molecule has 0 saturated carbocycles. The second-order valence-electron chi connectivity index (χ2n) is 8.39. The Morgan fingerprint density at radius 3 is 2.29 bits per heavy atom. The van der Waals surface area contributed by atoms with E-state index in [-0.39, 0.29) is 17.0 Å². The maximum atomic E-state index is 14.3. The van der Waals surface area contributed by atoms with Gasteiger partial charge in [0.25, 0.3) is 5.91 Å². The van der Waals surface area contributed by atoms with E-state index in [1.165, 1.54) is 5.56 Å². The van der Waals surface area contributed by atoms with E-state index >= 15 is 0 Å². The number of sulfonamides is 1. The maximum absolute atomic E-state index is 14.3. The summed E-state index contributed by atoms with van der Waals surface area (Å²) in [5, 5.41) is 2.65. The Morgan fingerprint density at radius 1 is 0.943 bits per heavy atom. The molecule has 0 atom stereocenters. The second-order valence-corrected chi connectivity index (χ2v) is 10.2. The first kappa shape index (κ1) is 24.8. The van der Waals surface area contributed by atoms with Crippen LogP contribution in [0.4, 0.5) is 15.8 Å². The first-order chi connectivity index (χ1) is 16.9. The lowest BCUT2D eigenvalue weighted by atomic mass is 10.1. The van der Waals surface area contributed by atoms with Gasteiger partial charge in [0, 0.05) is 50.6 Å². The Kier molecular flexibility index (Phi) is 7.80. The molecule has 3 aromatic carbocycles. The van der Waals surface area contributed by atoms with Crippen molar-refractivity contribution in [1.29, 1.82) is 0 Å². The molecule has 1 amide bonds. The van der Waals surface area contributed by atoms with Gasteiger partial charge in [-0.25, -0.2) is 17.5 Å². The molecule has 1 aliphatic heterocycles. The Labute approximate surface area is 205 Å². The minimum absolute atomic E-state index is 0.160. The quantitative estimate of drug-likeness (QED) is 0.497. The average Bonchev–Trinajstić information content (AvgIpc) is 2.86. The maximum Gasteiger partial charge on any atom is 0.258 e. The van der Waals surface area contributed by atoms with Crippen LogP contribution in [0.5, 0.6) is 0 Å². The zero-order chi connectivity index (χ0) is 24.8. The van der Waals surface area contributed by atoms with Gasteiger partial charge in [-0.3, -0.25) is 9.69 Å². The van der Waals surface area contributed by atoms with Gasteiger partial charge < -0.3 is 10.2 Å². The predicted octanol–water partition coefficient (Wildman–Crippen LogP) is 3.70. The standard InChI is InChI=1S/C26H29FN4O3S/c1-2-28-35(33,34)23-12-13-25(27)24(18-23)26(32)29-21-8-10-22(11-9-21)31-16-14-30(15-17-31)19-20-6-4-3-5-7-20/h3-13,18,28H,2,14-17,19H2,1H3,(H,29,32). The SMILES string of the molecule is CCNS(=O)(=O)c1ccc(F)c(C(=O)Nc2ccc(N3CCN(Cc4ccccc4)CC3)cc2)c1. The van der Waals surface area contributed by atoms with Crippen molar-refractivity contribution in [2.75, 3.05) is 42.9 Å². The lowest BCUT2D eigenvalue weighted by Crippen LogP contribution is -2.45. The highest BCUT2D eigenvalue weighted by Crippen LogP contribution is 2.22. The van der Waals surface area contributed by atoms with Crippen molar-refractivity contribution in [2.24, 2.45) is 0 Å². The number of carbonyl (C=O) groups is 1. The van der Waals surface area contributed by atoms with E-state index in [1.807, 2.05) is 18.2 Å². The number of carbonyl (C=O) groups excluding carboxylic acids is 1. The van der Waals surface area contributed by atoms with Crippen LogP contribution in [0.25, 0.3) is 0 Å². The van der Waals surface area contributed by atoms with Crippen LogP contribution in [0.15, 0.2) is 77.7 Å². The van der Waals surface area contributed by atoms with Gasteiger partial charge in [-0.05, 0) is 48.0 Å². The van der Waals surface area contributed by atoms with Crippen LogP contribution in [0.2, 0.25) is 0 Å². The highest BCUT2D eigenvalue weighted by Gasteiger charge is 2.20. The Hall–Kier alpha value is -3.27. The van der Waals surface area contributed by atoms with Gasteiger partial charge in [-0.2, -0.15) is 0 Å². The number of rotatable bonds is 8. The van der Waals surface area contributed by atoms with E-state index in [4.69, 9.17) is 0 Å². The van der Waals surface area contributed by atoms with Gasteiger partial charge in [-0.15, -0.1) is 0 Å². The first-order valence-corrected chi connectivity index (χ1v) is 13.1. The van der Waals surface area contributed by atoms with E-state index in [2.05, 4.69) is 44.1 Å². The first-order valence-electron chi connectivity index (χ1n) is 11.6. The largest absolute Gasteiger partial charge is 0.369 e. The number of hydrogen-bond acceptors (Lipinski definition) is 5. The smallest absolute Gasteiger partial charge is 0.258 e. The molecule has 7 nitrogen and oxygen atoms in total. The molecule has 0 bridgehead atoms. The van der Waals surface area contributed by atoms with E-state index in [0.717, 1.165) is 56.6 Å². The zero-order valence-corrected chi connectivity index (χ0v) is 20.4.